The molecule has 2 heterocycles. The Bertz CT molecular complexity index is 2420. The van der Waals surface area contributed by atoms with Crippen LogP contribution >= 0.6 is 0 Å². The normalized spacial score (nSPS) is 13.2. The SMILES string of the molecule is COc1ccc2c(c1)c(CC(OC(=O)C(=O)OC(Cc1cn(S(=O)(=O)c3ccccc3)c3ccc(OC)cc13)N(C)C)N(C)C)cn2S(=O)(=O)c1ccccc1. The molecule has 0 aliphatic rings. The van der Waals surface area contributed by atoms with Crippen LogP contribution in [-0.4, -0.2) is 101 Å². The second kappa shape index (κ2) is 16.2. The lowest BCUT2D eigenvalue weighted by Crippen LogP contribution is -2.41. The van der Waals surface area contributed by atoms with Gasteiger partial charge >= 0.3 is 11.9 Å². The lowest BCUT2D eigenvalue weighted by Gasteiger charge is -2.26. The fourth-order valence-electron chi connectivity index (χ4n) is 6.26. The van der Waals surface area contributed by atoms with Gasteiger partial charge in [0.1, 0.15) is 11.5 Å². The van der Waals surface area contributed by atoms with Gasteiger partial charge in [-0.1, -0.05) is 36.4 Å². The van der Waals surface area contributed by atoms with E-state index in [1.807, 2.05) is 0 Å². The molecule has 16 heteroatoms. The molecule has 6 rings (SSSR count). The van der Waals surface area contributed by atoms with Crippen LogP contribution in [0, 0.1) is 0 Å². The van der Waals surface area contributed by atoms with Gasteiger partial charge in [-0.2, -0.15) is 0 Å². The highest BCUT2D eigenvalue weighted by Gasteiger charge is 2.31. The molecule has 4 aromatic carbocycles. The van der Waals surface area contributed by atoms with Crippen molar-refractivity contribution in [3.05, 3.63) is 121 Å². The summed E-state index contributed by atoms with van der Waals surface area (Å²) in [6, 6.07) is 26.0. The molecule has 0 saturated heterocycles. The highest BCUT2D eigenvalue weighted by Crippen LogP contribution is 2.32. The third-order valence-corrected chi connectivity index (χ3v) is 12.7. The van der Waals surface area contributed by atoms with E-state index in [2.05, 4.69) is 0 Å². The number of rotatable bonds is 14. The number of hydrogen-bond acceptors (Lipinski definition) is 12. The molecule has 6 aromatic rings. The van der Waals surface area contributed by atoms with Crippen LogP contribution < -0.4 is 9.47 Å². The lowest BCUT2D eigenvalue weighted by molar-refractivity contribution is -0.182. The molecule has 294 valence electrons. The van der Waals surface area contributed by atoms with Crippen LogP contribution in [0.4, 0.5) is 0 Å². The molecular weight excluding hydrogens is 761 g/mol. The summed E-state index contributed by atoms with van der Waals surface area (Å²) >= 11 is 0. The predicted molar refractivity (Wildman–Crippen MR) is 210 cm³/mol. The van der Waals surface area contributed by atoms with Crippen LogP contribution in [-0.2, 0) is 52.0 Å². The monoisotopic (exact) mass is 802 g/mol. The van der Waals surface area contributed by atoms with E-state index in [4.69, 9.17) is 18.9 Å². The van der Waals surface area contributed by atoms with Crippen molar-refractivity contribution >= 4 is 53.8 Å². The average molecular weight is 803 g/mol. The van der Waals surface area contributed by atoms with E-state index in [0.717, 1.165) is 0 Å². The zero-order valence-electron chi connectivity index (χ0n) is 31.6. The topological polar surface area (TPSA) is 156 Å². The zero-order valence-corrected chi connectivity index (χ0v) is 33.3. The quantitative estimate of drug-likeness (QED) is 0.0849. The largest absolute Gasteiger partial charge is 0.497 e. The molecule has 2 atom stereocenters. The summed E-state index contributed by atoms with van der Waals surface area (Å²) in [7, 11) is 1.59. The molecule has 0 bridgehead atoms. The third-order valence-electron chi connectivity index (χ3n) is 9.31. The van der Waals surface area contributed by atoms with Gasteiger partial charge in [0, 0.05) is 36.0 Å². The summed E-state index contributed by atoms with van der Waals surface area (Å²) in [5.41, 5.74) is 1.80. The molecule has 0 aliphatic carbocycles. The fraction of sp³-hybridized carbons (Fsp3) is 0.250. The Hall–Kier alpha value is -5.68. The lowest BCUT2D eigenvalue weighted by atomic mass is 10.1. The molecule has 0 N–H and O–H groups in total. The van der Waals surface area contributed by atoms with Gasteiger partial charge in [0.25, 0.3) is 20.0 Å². The van der Waals surface area contributed by atoms with Gasteiger partial charge in [-0.3, -0.25) is 9.80 Å². The Morgan fingerprint density at radius 1 is 0.571 bits per heavy atom. The fourth-order valence-corrected chi connectivity index (χ4v) is 9.08. The van der Waals surface area contributed by atoms with Gasteiger partial charge in [-0.05, 0) is 100.0 Å². The second-order valence-electron chi connectivity index (χ2n) is 13.4. The van der Waals surface area contributed by atoms with E-state index in [9.17, 15) is 26.4 Å². The van der Waals surface area contributed by atoms with Crippen molar-refractivity contribution in [1.29, 1.82) is 0 Å². The van der Waals surface area contributed by atoms with Crippen molar-refractivity contribution in [3.8, 4) is 11.5 Å². The number of likely N-dealkylation sites (N-methyl/N-ethyl adjacent to an activating group) is 2. The van der Waals surface area contributed by atoms with E-state index in [0.29, 0.717) is 44.4 Å². The molecule has 14 nitrogen and oxygen atoms in total. The molecule has 0 radical (unpaired) electrons. The van der Waals surface area contributed by atoms with Gasteiger partial charge in [0.05, 0.1) is 35.0 Å². The summed E-state index contributed by atoms with van der Waals surface area (Å²) in [4.78, 5) is 30.1. The maximum atomic E-state index is 13.7. The Labute approximate surface area is 325 Å². The van der Waals surface area contributed by atoms with Gasteiger partial charge in [-0.15, -0.1) is 0 Å². The number of benzene rings is 4. The van der Waals surface area contributed by atoms with Gasteiger partial charge in [0.15, 0.2) is 12.5 Å². The predicted octanol–water partition coefficient (Wildman–Crippen LogP) is 4.73. The van der Waals surface area contributed by atoms with E-state index in [1.165, 1.54) is 58.8 Å². The number of hydrogen-bond donors (Lipinski definition) is 0. The van der Waals surface area contributed by atoms with Crippen molar-refractivity contribution in [2.24, 2.45) is 0 Å². The summed E-state index contributed by atoms with van der Waals surface area (Å²) < 4.78 is 79.6. The average Bonchev–Trinajstić information content (AvgIpc) is 3.75. The van der Waals surface area contributed by atoms with E-state index < -0.39 is 44.4 Å². The number of fused-ring (bicyclic) bond motifs is 2. The second-order valence-corrected chi connectivity index (χ2v) is 17.0. The molecule has 0 amide bonds. The summed E-state index contributed by atoms with van der Waals surface area (Å²) in [5, 5.41) is 1.10. The number of nitrogens with zero attached hydrogens (tertiary/aromatic N) is 4. The van der Waals surface area contributed by atoms with Crippen LogP contribution in [0.1, 0.15) is 11.1 Å². The minimum absolute atomic E-state index is 0.00132. The highest BCUT2D eigenvalue weighted by atomic mass is 32.2. The van der Waals surface area contributed by atoms with E-state index in [-0.39, 0.29) is 22.6 Å². The molecule has 2 aromatic heterocycles. The van der Waals surface area contributed by atoms with E-state index in [1.54, 1.807) is 111 Å². The standard InChI is InChI=1S/C40H42N4O10S2/c1-41(2)37(21-27-25-43(35-19-17-29(51-5)23-33(27)35)55(47,48)31-13-9-7-10-14-31)53-39(45)40(46)54-38(42(3)4)22-28-26-44(36-20-18-30(52-6)24-34(28)36)56(49,50)32-15-11-8-12-16-32/h7-20,23-26,37-38H,21-22H2,1-6H3. The Balaban J connectivity index is 1.25. The minimum Gasteiger partial charge on any atom is -0.497 e. The van der Waals surface area contributed by atoms with Gasteiger partial charge < -0.3 is 18.9 Å². The van der Waals surface area contributed by atoms with E-state index >= 15 is 0 Å². The van der Waals surface area contributed by atoms with Gasteiger partial charge in [-0.25, -0.2) is 34.4 Å². The first-order chi connectivity index (χ1) is 26.6. The number of methoxy groups -OCH3 is 2. The molecule has 0 fully saturated rings. The molecule has 0 spiro atoms. The Morgan fingerprint density at radius 2 is 0.929 bits per heavy atom. The van der Waals surface area contributed by atoms with Crippen molar-refractivity contribution in [3.63, 3.8) is 0 Å². The zero-order chi connectivity index (χ0) is 40.4. The smallest absolute Gasteiger partial charge is 0.419 e. The first-order valence-electron chi connectivity index (χ1n) is 17.4. The minimum atomic E-state index is -4.01. The van der Waals surface area contributed by atoms with Crippen molar-refractivity contribution < 1.29 is 45.4 Å². The highest BCUT2D eigenvalue weighted by molar-refractivity contribution is 7.90. The number of carbonyl (C=O) groups is 2. The van der Waals surface area contributed by atoms with Crippen LogP contribution in [0.25, 0.3) is 21.8 Å². The first kappa shape index (κ1) is 40.0. The molecule has 0 saturated carbocycles. The van der Waals surface area contributed by atoms with Crippen molar-refractivity contribution in [1.82, 2.24) is 17.7 Å². The number of aromatic nitrogens is 2. The number of ether oxygens (including phenoxy) is 4. The Kier molecular flexibility index (Phi) is 11.6. The summed E-state index contributed by atoms with van der Waals surface area (Å²) in [6.45, 7) is 0. The van der Waals surface area contributed by atoms with Crippen molar-refractivity contribution in [2.75, 3.05) is 42.4 Å². The van der Waals surface area contributed by atoms with Crippen LogP contribution in [0.2, 0.25) is 0 Å². The maximum absolute atomic E-state index is 13.7. The number of carbonyl (C=O) groups excluding carboxylic acids is 2. The van der Waals surface area contributed by atoms with Crippen LogP contribution in [0.5, 0.6) is 11.5 Å². The molecular formula is C40H42N4O10S2. The first-order valence-corrected chi connectivity index (χ1v) is 20.3. The van der Waals surface area contributed by atoms with Gasteiger partial charge in [0.2, 0.25) is 0 Å². The molecule has 56 heavy (non-hydrogen) atoms. The molecule has 0 aliphatic heterocycles. The van der Waals surface area contributed by atoms with Crippen LogP contribution in [0.15, 0.2) is 119 Å². The summed E-state index contributed by atoms with van der Waals surface area (Å²) in [6.07, 6.45) is 0.904. The molecule has 2 unspecified atom stereocenters. The Morgan fingerprint density at radius 3 is 1.25 bits per heavy atom. The number of esters is 2. The third kappa shape index (κ3) is 8.00. The maximum Gasteiger partial charge on any atom is 0.419 e. The van der Waals surface area contributed by atoms with Crippen LogP contribution in [0.3, 0.4) is 0 Å². The van der Waals surface area contributed by atoms with Crippen molar-refractivity contribution in [2.45, 2.75) is 35.1 Å². The summed E-state index contributed by atoms with van der Waals surface area (Å²) in [5.74, 6) is -1.57.